The molecule has 0 spiro atoms. The predicted molar refractivity (Wildman–Crippen MR) is 159 cm³/mol. The molecule has 4 N–H and O–H groups in total. The van der Waals surface area contributed by atoms with Crippen LogP contribution in [-0.2, 0) is 20.0 Å². The van der Waals surface area contributed by atoms with Crippen molar-refractivity contribution in [3.05, 3.63) is 60.7 Å². The van der Waals surface area contributed by atoms with Gasteiger partial charge in [0.05, 0.1) is 30.6 Å². The van der Waals surface area contributed by atoms with E-state index in [0.29, 0.717) is 11.1 Å². The second-order valence-corrected chi connectivity index (χ2v) is 12.6. The number of phenols is 2. The number of nitrogens with one attached hydrogen (secondary N) is 1. The van der Waals surface area contributed by atoms with E-state index in [1.54, 1.807) is 6.07 Å². The van der Waals surface area contributed by atoms with Crippen LogP contribution in [0.2, 0.25) is 0 Å². The van der Waals surface area contributed by atoms with Crippen molar-refractivity contribution in [2.24, 2.45) is 20.5 Å². The van der Waals surface area contributed by atoms with E-state index in [1.165, 1.54) is 75.7 Å². The first kappa shape index (κ1) is 31.1. The van der Waals surface area contributed by atoms with Crippen molar-refractivity contribution in [1.29, 1.82) is 0 Å². The molecule has 0 radical (unpaired) electrons. The van der Waals surface area contributed by atoms with Crippen molar-refractivity contribution >= 4 is 59.2 Å². The highest BCUT2D eigenvalue weighted by molar-refractivity contribution is 7.91. The number of nitrogens with zero attached hydrogens (tertiary/aromatic N) is 4. The molecule has 43 heavy (non-hydrogen) atoms. The Balaban J connectivity index is 1.84. The van der Waals surface area contributed by atoms with Gasteiger partial charge in [-0.2, -0.15) is 8.42 Å². The number of anilines is 1. The number of phenolic OH excluding ortho intramolecular Hbond substituents is 2. The zero-order valence-electron chi connectivity index (χ0n) is 23.1. The normalized spacial score (nSPS) is 12.3. The van der Waals surface area contributed by atoms with Crippen molar-refractivity contribution in [2.45, 2.75) is 11.8 Å². The maximum absolute atomic E-state index is 12.4. The molecule has 0 aliphatic heterocycles. The minimum Gasteiger partial charge on any atom is -0.506 e. The summed E-state index contributed by atoms with van der Waals surface area (Å²) in [5.41, 5.74) is 0.383. The molecule has 226 valence electrons. The first-order valence-corrected chi connectivity index (χ1v) is 15.7. The van der Waals surface area contributed by atoms with Crippen LogP contribution >= 0.6 is 0 Å². The molecule has 0 atom stereocenters. The van der Waals surface area contributed by atoms with E-state index in [-0.39, 0.29) is 61.7 Å². The quantitative estimate of drug-likeness (QED) is 0.110. The SMILES string of the molecule is CCS(=O)(=O)c1ccc(OC)c(N=Nc2c(NCS(=O)(=O)O)ccc3c(O)c(N=Nc4cc(OC)ccc4O)ccc23)c1. The fraction of sp³-hybridized carbons (Fsp3) is 0.185. The molecule has 0 saturated carbocycles. The van der Waals surface area contributed by atoms with Crippen LogP contribution in [0.1, 0.15) is 6.92 Å². The fourth-order valence-electron chi connectivity index (χ4n) is 3.89. The van der Waals surface area contributed by atoms with E-state index in [0.717, 1.165) is 0 Å². The first-order valence-electron chi connectivity index (χ1n) is 12.5. The third-order valence-corrected chi connectivity index (χ3v) is 8.40. The summed E-state index contributed by atoms with van der Waals surface area (Å²) < 4.78 is 67.4. The Morgan fingerprint density at radius 1 is 0.767 bits per heavy atom. The average molecular weight is 630 g/mol. The maximum Gasteiger partial charge on any atom is 0.283 e. The lowest BCUT2D eigenvalue weighted by Crippen LogP contribution is -2.13. The van der Waals surface area contributed by atoms with Crippen molar-refractivity contribution in [1.82, 2.24) is 0 Å². The second-order valence-electron chi connectivity index (χ2n) is 8.88. The molecule has 0 fully saturated rings. The highest BCUT2D eigenvalue weighted by atomic mass is 32.2. The maximum atomic E-state index is 12.4. The van der Waals surface area contributed by atoms with E-state index in [2.05, 4.69) is 25.8 Å². The van der Waals surface area contributed by atoms with E-state index >= 15 is 0 Å². The standard InChI is InChI=1S/C27H27N5O9S2/c1-4-42(35,36)17-6-12-25(41-3)23(14-17)31-32-26-18-7-10-21(29-30-22-13-16(40-2)5-11-24(22)33)27(34)19(18)8-9-20(26)28-15-43(37,38)39/h5-14,28,33-34H,4,15H2,1-3H3,(H,37,38,39). The number of hydrogen-bond acceptors (Lipinski definition) is 13. The summed E-state index contributed by atoms with van der Waals surface area (Å²) in [4.78, 5) is 0.00196. The summed E-state index contributed by atoms with van der Waals surface area (Å²) >= 11 is 0. The van der Waals surface area contributed by atoms with E-state index in [4.69, 9.17) is 9.47 Å². The van der Waals surface area contributed by atoms with E-state index < -0.39 is 25.8 Å². The van der Waals surface area contributed by atoms with Crippen LogP contribution < -0.4 is 14.8 Å². The Labute approximate surface area is 247 Å². The van der Waals surface area contributed by atoms with Gasteiger partial charge < -0.3 is 25.0 Å². The van der Waals surface area contributed by atoms with Gasteiger partial charge in [0.15, 0.2) is 15.6 Å². The molecule has 16 heteroatoms. The van der Waals surface area contributed by atoms with E-state index in [9.17, 15) is 31.6 Å². The van der Waals surface area contributed by atoms with Gasteiger partial charge in [-0.1, -0.05) is 6.92 Å². The molecule has 0 saturated heterocycles. The number of fused-ring (bicyclic) bond motifs is 1. The minimum absolute atomic E-state index is 0.00196. The van der Waals surface area contributed by atoms with Gasteiger partial charge in [0, 0.05) is 16.8 Å². The molecule has 0 aliphatic carbocycles. The summed E-state index contributed by atoms with van der Waals surface area (Å²) in [5, 5.41) is 40.7. The van der Waals surface area contributed by atoms with Gasteiger partial charge in [-0.25, -0.2) is 8.42 Å². The fourth-order valence-corrected chi connectivity index (χ4v) is 5.13. The molecule has 0 unspecified atom stereocenters. The van der Waals surface area contributed by atoms with Crippen LogP contribution in [0.5, 0.6) is 23.0 Å². The summed E-state index contributed by atoms with van der Waals surface area (Å²) in [7, 11) is -5.18. The Bertz CT molecular complexity index is 1960. The third-order valence-electron chi connectivity index (χ3n) is 6.16. The number of ether oxygens (including phenoxy) is 2. The predicted octanol–water partition coefficient (Wildman–Crippen LogP) is 6.15. The third kappa shape index (κ3) is 7.17. The van der Waals surface area contributed by atoms with Crippen molar-refractivity contribution < 1.29 is 41.1 Å². The molecule has 0 aromatic heterocycles. The van der Waals surface area contributed by atoms with Gasteiger partial charge in [0.25, 0.3) is 10.1 Å². The highest BCUT2D eigenvalue weighted by Crippen LogP contribution is 2.44. The van der Waals surface area contributed by atoms with Crippen LogP contribution in [-0.4, -0.2) is 57.5 Å². The van der Waals surface area contributed by atoms with Gasteiger partial charge in [-0.3, -0.25) is 4.55 Å². The smallest absolute Gasteiger partial charge is 0.283 e. The lowest BCUT2D eigenvalue weighted by atomic mass is 10.1. The average Bonchev–Trinajstić information content (AvgIpc) is 2.98. The lowest BCUT2D eigenvalue weighted by Gasteiger charge is -2.12. The number of methoxy groups -OCH3 is 2. The number of sulfone groups is 1. The van der Waals surface area contributed by atoms with Gasteiger partial charge >= 0.3 is 0 Å². The molecule has 0 amide bonds. The molecular formula is C27H27N5O9S2. The summed E-state index contributed by atoms with van der Waals surface area (Å²) in [6, 6.07) is 14.3. The van der Waals surface area contributed by atoms with E-state index in [1.807, 2.05) is 0 Å². The topological polar surface area (TPSA) is 209 Å². The lowest BCUT2D eigenvalue weighted by molar-refractivity contribution is 0.412. The summed E-state index contributed by atoms with van der Waals surface area (Å²) in [5.74, 6) is -0.805. The van der Waals surface area contributed by atoms with Crippen LogP contribution in [0, 0.1) is 0 Å². The minimum atomic E-state index is -4.43. The zero-order chi connectivity index (χ0) is 31.4. The molecule has 0 heterocycles. The van der Waals surface area contributed by atoms with Gasteiger partial charge in [-0.15, -0.1) is 20.5 Å². The second kappa shape index (κ2) is 12.6. The Kier molecular flexibility index (Phi) is 9.13. The molecular weight excluding hydrogens is 602 g/mol. The molecule has 0 aliphatic rings. The van der Waals surface area contributed by atoms with Crippen molar-refractivity contribution in [3.63, 3.8) is 0 Å². The highest BCUT2D eigenvalue weighted by Gasteiger charge is 2.17. The monoisotopic (exact) mass is 629 g/mol. The van der Waals surface area contributed by atoms with Crippen molar-refractivity contribution in [2.75, 3.05) is 31.2 Å². The molecule has 0 bridgehead atoms. The summed E-state index contributed by atoms with van der Waals surface area (Å²) in [6.07, 6.45) is 0. The Morgan fingerprint density at radius 3 is 2.14 bits per heavy atom. The van der Waals surface area contributed by atoms with Crippen LogP contribution in [0.3, 0.4) is 0 Å². The molecule has 4 aromatic rings. The first-order chi connectivity index (χ1) is 20.4. The summed E-state index contributed by atoms with van der Waals surface area (Å²) in [6.45, 7) is 1.50. The Hall–Kier alpha value is -4.80. The number of hydrogen-bond donors (Lipinski definition) is 4. The zero-order valence-corrected chi connectivity index (χ0v) is 24.7. The van der Waals surface area contributed by atoms with Crippen LogP contribution in [0.4, 0.5) is 28.4 Å². The number of benzene rings is 4. The van der Waals surface area contributed by atoms with Crippen LogP contribution in [0.25, 0.3) is 10.8 Å². The molecule has 4 aromatic carbocycles. The van der Waals surface area contributed by atoms with Crippen LogP contribution in [0.15, 0.2) is 86.0 Å². The van der Waals surface area contributed by atoms with Crippen molar-refractivity contribution in [3.8, 4) is 23.0 Å². The number of rotatable bonds is 11. The number of aromatic hydroxyl groups is 2. The molecule has 14 nitrogen and oxygen atoms in total. The Morgan fingerprint density at radius 2 is 1.47 bits per heavy atom. The van der Waals surface area contributed by atoms with Gasteiger partial charge in [-0.05, 0) is 54.6 Å². The van der Waals surface area contributed by atoms with Gasteiger partial charge in [0.1, 0.15) is 45.9 Å². The largest absolute Gasteiger partial charge is 0.506 e. The number of azo groups is 2. The molecule has 4 rings (SSSR count). The van der Waals surface area contributed by atoms with Gasteiger partial charge in [0.2, 0.25) is 0 Å².